The summed E-state index contributed by atoms with van der Waals surface area (Å²) in [5.41, 5.74) is 0.542. The normalized spacial score (nSPS) is 14.6. The van der Waals surface area contributed by atoms with Crippen LogP contribution in [0.15, 0.2) is 48.5 Å². The maximum atomic E-state index is 12.9. The molecule has 1 aromatic heterocycles. The number of carbonyl (C=O) groups is 2. The minimum absolute atomic E-state index is 0.0437. The van der Waals surface area contributed by atoms with Crippen molar-refractivity contribution in [2.24, 2.45) is 5.41 Å². The van der Waals surface area contributed by atoms with Crippen molar-refractivity contribution in [1.82, 2.24) is 15.0 Å². The number of ether oxygens (including phenoxy) is 1. The third-order valence-electron chi connectivity index (χ3n) is 7.68. The molecule has 0 bridgehead atoms. The summed E-state index contributed by atoms with van der Waals surface area (Å²) in [4.78, 5) is 38.0. The van der Waals surface area contributed by atoms with Gasteiger partial charge in [-0.15, -0.1) is 0 Å². The zero-order valence-electron chi connectivity index (χ0n) is 25.1. The molecular weight excluding hydrogens is 633 g/mol. The van der Waals surface area contributed by atoms with Gasteiger partial charge in [0, 0.05) is 34.6 Å². The molecule has 45 heavy (non-hydrogen) atoms. The first-order valence-corrected chi connectivity index (χ1v) is 16.5. The van der Waals surface area contributed by atoms with Gasteiger partial charge in [0.1, 0.15) is 11.6 Å². The predicted octanol–water partition coefficient (Wildman–Crippen LogP) is 6.15. The van der Waals surface area contributed by atoms with Crippen molar-refractivity contribution in [1.29, 1.82) is 0 Å². The molecule has 1 saturated carbocycles. The molecule has 0 radical (unpaired) electrons. The van der Waals surface area contributed by atoms with E-state index < -0.39 is 51.1 Å². The van der Waals surface area contributed by atoms with Crippen LogP contribution in [-0.2, 0) is 26.6 Å². The second kappa shape index (κ2) is 13.4. The molecule has 1 fully saturated rings. The lowest BCUT2D eigenvalue weighted by molar-refractivity contribution is -0.154. The van der Waals surface area contributed by atoms with Crippen LogP contribution in [0.5, 0.6) is 6.01 Å². The molecule has 0 saturated heterocycles. The van der Waals surface area contributed by atoms with Gasteiger partial charge < -0.3 is 10.1 Å². The SMILES string of the molecule is CCS(=O)(=O)CC(=O)C(C)(C)CCC(=O)c1ccc(Cc2nc(NC3(c4ccc(Cl)cc4)CC3)nc(OCC(F)(F)F)n2)cc1. The summed E-state index contributed by atoms with van der Waals surface area (Å²) in [6.45, 7) is 3.17. The average Bonchev–Trinajstić information content (AvgIpc) is 3.75. The largest absolute Gasteiger partial charge is 0.454 e. The number of aromatic nitrogens is 3. The van der Waals surface area contributed by atoms with Crippen LogP contribution in [0.2, 0.25) is 5.02 Å². The minimum Gasteiger partial charge on any atom is -0.454 e. The van der Waals surface area contributed by atoms with Crippen LogP contribution in [0, 0.1) is 5.41 Å². The van der Waals surface area contributed by atoms with Gasteiger partial charge in [-0.3, -0.25) is 9.59 Å². The lowest BCUT2D eigenvalue weighted by Gasteiger charge is -2.22. The van der Waals surface area contributed by atoms with Crippen molar-refractivity contribution in [3.63, 3.8) is 0 Å². The maximum Gasteiger partial charge on any atom is 0.422 e. The fourth-order valence-corrected chi connectivity index (χ4v) is 5.66. The van der Waals surface area contributed by atoms with E-state index in [0.717, 1.165) is 18.4 Å². The number of rotatable bonds is 15. The number of ketones is 2. The monoisotopic (exact) mass is 666 g/mol. The van der Waals surface area contributed by atoms with Gasteiger partial charge in [0.15, 0.2) is 28.0 Å². The number of nitrogens with zero attached hydrogens (tertiary/aromatic N) is 3. The van der Waals surface area contributed by atoms with E-state index in [2.05, 4.69) is 20.3 Å². The molecule has 1 aliphatic rings. The summed E-state index contributed by atoms with van der Waals surface area (Å²) < 4.78 is 67.2. The van der Waals surface area contributed by atoms with Crippen LogP contribution in [0.4, 0.5) is 19.1 Å². The summed E-state index contributed by atoms with van der Waals surface area (Å²) in [7, 11) is -3.47. The van der Waals surface area contributed by atoms with Gasteiger partial charge >= 0.3 is 12.2 Å². The topological polar surface area (TPSA) is 128 Å². The number of hydrogen-bond donors (Lipinski definition) is 1. The van der Waals surface area contributed by atoms with E-state index >= 15 is 0 Å². The van der Waals surface area contributed by atoms with Crippen LogP contribution >= 0.6 is 11.6 Å². The summed E-state index contributed by atoms with van der Waals surface area (Å²) in [6, 6.07) is 13.3. The van der Waals surface area contributed by atoms with Crippen LogP contribution in [0.3, 0.4) is 0 Å². The van der Waals surface area contributed by atoms with Gasteiger partial charge in [0.25, 0.3) is 0 Å². The molecule has 0 unspecified atom stereocenters. The highest BCUT2D eigenvalue weighted by atomic mass is 35.5. The number of Topliss-reactive ketones (excluding diaryl/α,β-unsaturated/α-hetero) is 2. The number of hydrogen-bond acceptors (Lipinski definition) is 9. The first kappa shape index (κ1) is 34.3. The van der Waals surface area contributed by atoms with E-state index in [-0.39, 0.29) is 42.6 Å². The van der Waals surface area contributed by atoms with Crippen LogP contribution in [0.1, 0.15) is 73.8 Å². The molecule has 242 valence electrons. The Hall–Kier alpha value is -3.58. The first-order chi connectivity index (χ1) is 21.0. The predicted molar refractivity (Wildman–Crippen MR) is 163 cm³/mol. The van der Waals surface area contributed by atoms with Crippen LogP contribution in [-0.4, -0.2) is 59.2 Å². The summed E-state index contributed by atoms with van der Waals surface area (Å²) in [5.74, 6) is -1.10. The molecular formula is C31H34ClF3N4O5S. The van der Waals surface area contributed by atoms with E-state index in [1.807, 2.05) is 12.1 Å². The van der Waals surface area contributed by atoms with E-state index in [0.29, 0.717) is 16.1 Å². The molecule has 0 amide bonds. The van der Waals surface area contributed by atoms with E-state index in [9.17, 15) is 31.2 Å². The summed E-state index contributed by atoms with van der Waals surface area (Å²) in [6.07, 6.45) is -2.72. The Balaban J connectivity index is 1.46. The van der Waals surface area contributed by atoms with Crippen molar-refractivity contribution < 1.29 is 35.9 Å². The highest BCUT2D eigenvalue weighted by molar-refractivity contribution is 7.92. The third kappa shape index (κ3) is 9.70. The molecule has 1 aliphatic carbocycles. The Bertz CT molecular complexity index is 1640. The molecule has 0 aliphatic heterocycles. The van der Waals surface area contributed by atoms with Crippen molar-refractivity contribution in [2.75, 3.05) is 23.4 Å². The van der Waals surface area contributed by atoms with Gasteiger partial charge in [-0.2, -0.15) is 28.1 Å². The fourth-order valence-electron chi connectivity index (χ4n) is 4.54. The Kier molecular flexibility index (Phi) is 10.2. The number of anilines is 1. The van der Waals surface area contributed by atoms with E-state index in [1.54, 1.807) is 50.2 Å². The van der Waals surface area contributed by atoms with Crippen molar-refractivity contribution in [3.05, 3.63) is 76.1 Å². The van der Waals surface area contributed by atoms with Crippen molar-refractivity contribution in [3.8, 4) is 6.01 Å². The highest BCUT2D eigenvalue weighted by Gasteiger charge is 2.45. The number of carbonyl (C=O) groups excluding carboxylic acids is 2. The molecule has 1 N–H and O–H groups in total. The molecule has 0 spiro atoms. The third-order valence-corrected chi connectivity index (χ3v) is 9.52. The summed E-state index contributed by atoms with van der Waals surface area (Å²) in [5, 5.41) is 3.81. The summed E-state index contributed by atoms with van der Waals surface area (Å²) >= 11 is 6.02. The maximum absolute atomic E-state index is 12.9. The van der Waals surface area contributed by atoms with E-state index in [4.69, 9.17) is 16.3 Å². The molecule has 14 heteroatoms. The molecule has 0 atom stereocenters. The minimum atomic E-state index is -4.58. The second-order valence-corrected chi connectivity index (χ2v) is 14.5. The molecule has 1 heterocycles. The lowest BCUT2D eigenvalue weighted by atomic mass is 9.82. The molecule has 3 aromatic rings. The zero-order valence-corrected chi connectivity index (χ0v) is 26.7. The van der Waals surface area contributed by atoms with Gasteiger partial charge in [0.2, 0.25) is 5.95 Å². The van der Waals surface area contributed by atoms with E-state index in [1.165, 1.54) is 6.92 Å². The Morgan fingerprint density at radius 1 is 1.00 bits per heavy atom. The Morgan fingerprint density at radius 2 is 1.64 bits per heavy atom. The highest BCUT2D eigenvalue weighted by Crippen LogP contribution is 2.48. The number of halogens is 4. The molecule has 4 rings (SSSR count). The smallest absolute Gasteiger partial charge is 0.422 e. The lowest BCUT2D eigenvalue weighted by Crippen LogP contribution is -2.31. The van der Waals surface area contributed by atoms with Crippen LogP contribution in [0.25, 0.3) is 0 Å². The molecule has 2 aromatic carbocycles. The standard InChI is InChI=1S/C31H34ClF3N4O5S/c1-4-45(42,43)18-25(41)29(2,3)14-13-24(40)21-7-5-20(6-8-21)17-26-36-27(38-28(37-26)44-19-31(33,34)35)39-30(15-16-30)22-9-11-23(32)12-10-22/h5-12H,4,13-19H2,1-3H3,(H,36,37,38,39). The molecule has 9 nitrogen and oxygen atoms in total. The van der Waals surface area contributed by atoms with Gasteiger partial charge in [-0.25, -0.2) is 8.42 Å². The van der Waals surface area contributed by atoms with Crippen molar-refractivity contribution in [2.45, 2.75) is 64.6 Å². The van der Waals surface area contributed by atoms with Crippen molar-refractivity contribution >= 4 is 39.0 Å². The van der Waals surface area contributed by atoms with Gasteiger partial charge in [-0.1, -0.05) is 68.8 Å². The number of sulfone groups is 1. The number of alkyl halides is 3. The number of benzene rings is 2. The first-order valence-electron chi connectivity index (χ1n) is 14.3. The zero-order chi connectivity index (χ0) is 33.0. The quantitative estimate of drug-likeness (QED) is 0.190. The number of nitrogens with one attached hydrogen (secondary N) is 1. The average molecular weight is 667 g/mol. The Morgan fingerprint density at radius 3 is 2.22 bits per heavy atom. The van der Waals surface area contributed by atoms with Gasteiger partial charge in [-0.05, 0) is 42.5 Å². The Labute approximate surface area is 264 Å². The van der Waals surface area contributed by atoms with Crippen LogP contribution < -0.4 is 10.1 Å². The second-order valence-electron chi connectivity index (χ2n) is 11.8. The fraction of sp³-hybridized carbons (Fsp3) is 0.452. The van der Waals surface area contributed by atoms with Gasteiger partial charge in [0.05, 0.1) is 5.54 Å².